The number of nitrogens with zero attached hydrogens (tertiary/aromatic N) is 2. The summed E-state index contributed by atoms with van der Waals surface area (Å²) in [7, 11) is 0. The Morgan fingerprint density at radius 2 is 2.35 bits per heavy atom. The number of aromatic nitrogens is 2. The Bertz CT molecular complexity index is 653. The van der Waals surface area contributed by atoms with Gasteiger partial charge in [-0.15, -0.1) is 0 Å². The highest BCUT2D eigenvalue weighted by atomic mass is 16.3. The lowest BCUT2D eigenvalue weighted by atomic mass is 10.2. The van der Waals surface area contributed by atoms with Crippen LogP contribution >= 0.6 is 0 Å². The van der Waals surface area contributed by atoms with E-state index in [1.165, 1.54) is 0 Å². The van der Waals surface area contributed by atoms with Crippen LogP contribution in [0.1, 0.15) is 21.9 Å². The minimum atomic E-state index is 0.640. The van der Waals surface area contributed by atoms with E-state index in [1.807, 2.05) is 28.8 Å². The maximum Gasteiger partial charge on any atom is 0.150 e. The zero-order valence-corrected chi connectivity index (χ0v) is 9.04. The second-order valence-electron chi connectivity index (χ2n) is 3.80. The third kappa shape index (κ3) is 1.73. The second kappa shape index (κ2) is 3.90. The smallest absolute Gasteiger partial charge is 0.150 e. The molecule has 0 aliphatic heterocycles. The van der Waals surface area contributed by atoms with Crippen molar-refractivity contribution in [2.45, 2.75) is 6.42 Å². The van der Waals surface area contributed by atoms with Crippen LogP contribution in [0.5, 0.6) is 0 Å². The van der Waals surface area contributed by atoms with E-state index in [0.717, 1.165) is 23.4 Å². The summed E-state index contributed by atoms with van der Waals surface area (Å²) < 4.78 is 7.25. The standard InChI is InChI=1S/C13H10N2O2/c16-9-10-3-4-15-11(6-10)8-14-13(15)7-12-2-1-5-17-12/h1-6,8-9H,7H2. The number of pyridine rings is 1. The second-order valence-corrected chi connectivity index (χ2v) is 3.80. The summed E-state index contributed by atoms with van der Waals surface area (Å²) in [6.45, 7) is 0. The van der Waals surface area contributed by atoms with Crippen molar-refractivity contribution in [3.8, 4) is 0 Å². The molecule has 0 amide bonds. The number of imidazole rings is 1. The first-order valence-electron chi connectivity index (χ1n) is 5.30. The highest BCUT2D eigenvalue weighted by molar-refractivity contribution is 5.77. The maximum absolute atomic E-state index is 10.7. The van der Waals surface area contributed by atoms with Crippen LogP contribution < -0.4 is 0 Å². The van der Waals surface area contributed by atoms with Gasteiger partial charge in [-0.3, -0.25) is 4.79 Å². The van der Waals surface area contributed by atoms with Gasteiger partial charge in [0, 0.05) is 11.8 Å². The van der Waals surface area contributed by atoms with Crippen molar-refractivity contribution in [3.63, 3.8) is 0 Å². The van der Waals surface area contributed by atoms with Crippen LogP contribution in [0.3, 0.4) is 0 Å². The molecule has 0 saturated heterocycles. The predicted molar refractivity (Wildman–Crippen MR) is 62.1 cm³/mol. The van der Waals surface area contributed by atoms with Gasteiger partial charge in [0.15, 0.2) is 0 Å². The van der Waals surface area contributed by atoms with Crippen LogP contribution in [-0.4, -0.2) is 15.7 Å². The van der Waals surface area contributed by atoms with E-state index < -0.39 is 0 Å². The van der Waals surface area contributed by atoms with Crippen molar-refractivity contribution >= 4 is 11.8 Å². The van der Waals surface area contributed by atoms with Crippen molar-refractivity contribution in [1.82, 2.24) is 9.38 Å². The molecular formula is C13H10N2O2. The molecule has 0 aliphatic rings. The lowest BCUT2D eigenvalue weighted by Gasteiger charge is -1.99. The summed E-state index contributed by atoms with van der Waals surface area (Å²) in [5, 5.41) is 0. The molecule has 3 rings (SSSR count). The van der Waals surface area contributed by atoms with Gasteiger partial charge in [-0.25, -0.2) is 4.98 Å². The van der Waals surface area contributed by atoms with Gasteiger partial charge in [0.2, 0.25) is 0 Å². The number of carbonyl (C=O) groups excluding carboxylic acids is 1. The van der Waals surface area contributed by atoms with E-state index in [-0.39, 0.29) is 0 Å². The van der Waals surface area contributed by atoms with Crippen molar-refractivity contribution < 1.29 is 9.21 Å². The largest absolute Gasteiger partial charge is 0.469 e. The Morgan fingerprint density at radius 3 is 3.12 bits per heavy atom. The average Bonchev–Trinajstić information content (AvgIpc) is 2.99. The molecule has 4 nitrogen and oxygen atoms in total. The monoisotopic (exact) mass is 226 g/mol. The summed E-state index contributed by atoms with van der Waals surface area (Å²) >= 11 is 0. The van der Waals surface area contributed by atoms with E-state index in [0.29, 0.717) is 12.0 Å². The van der Waals surface area contributed by atoms with Gasteiger partial charge in [-0.05, 0) is 24.3 Å². The van der Waals surface area contributed by atoms with Gasteiger partial charge < -0.3 is 8.82 Å². The van der Waals surface area contributed by atoms with Gasteiger partial charge in [0.05, 0.1) is 24.4 Å². The minimum absolute atomic E-state index is 0.640. The first-order valence-corrected chi connectivity index (χ1v) is 5.30. The van der Waals surface area contributed by atoms with Crippen molar-refractivity contribution in [1.29, 1.82) is 0 Å². The zero-order chi connectivity index (χ0) is 11.7. The molecule has 0 radical (unpaired) electrons. The summed E-state index contributed by atoms with van der Waals surface area (Å²) in [5.41, 5.74) is 1.57. The van der Waals surface area contributed by atoms with Crippen molar-refractivity contribution in [2.75, 3.05) is 0 Å². The fourth-order valence-corrected chi connectivity index (χ4v) is 1.85. The molecule has 0 aromatic carbocycles. The van der Waals surface area contributed by atoms with Crippen LogP contribution in [0, 0.1) is 0 Å². The lowest BCUT2D eigenvalue weighted by molar-refractivity contribution is 0.112. The topological polar surface area (TPSA) is 47.5 Å². The Morgan fingerprint density at radius 1 is 1.41 bits per heavy atom. The van der Waals surface area contributed by atoms with Crippen LogP contribution in [0.25, 0.3) is 5.52 Å². The molecule has 3 aromatic heterocycles. The molecule has 0 saturated carbocycles. The third-order valence-electron chi connectivity index (χ3n) is 2.68. The van der Waals surface area contributed by atoms with Crippen molar-refractivity contribution in [2.24, 2.45) is 0 Å². The SMILES string of the molecule is O=Cc1ccn2c(Cc3ccco3)ncc2c1. The van der Waals surface area contributed by atoms with Crippen LogP contribution in [0.15, 0.2) is 47.3 Å². The van der Waals surface area contributed by atoms with Gasteiger partial charge >= 0.3 is 0 Å². The Balaban J connectivity index is 2.03. The predicted octanol–water partition coefficient (Wildman–Crippen LogP) is 2.33. The number of hydrogen-bond acceptors (Lipinski definition) is 3. The van der Waals surface area contributed by atoms with Crippen molar-refractivity contribution in [3.05, 3.63) is 60.1 Å². The summed E-state index contributed by atoms with van der Waals surface area (Å²) in [6, 6.07) is 7.36. The summed E-state index contributed by atoms with van der Waals surface area (Å²) in [6.07, 6.45) is 6.73. The Hall–Kier alpha value is -2.36. The molecule has 17 heavy (non-hydrogen) atoms. The van der Waals surface area contributed by atoms with Crippen LogP contribution in [-0.2, 0) is 6.42 Å². The zero-order valence-electron chi connectivity index (χ0n) is 9.04. The first kappa shape index (κ1) is 9.84. The van der Waals surface area contributed by atoms with E-state index in [4.69, 9.17) is 4.42 Å². The Labute approximate surface area is 97.5 Å². The molecule has 0 bridgehead atoms. The van der Waals surface area contributed by atoms with Gasteiger partial charge in [0.1, 0.15) is 17.9 Å². The van der Waals surface area contributed by atoms with E-state index in [1.54, 1.807) is 18.5 Å². The molecule has 0 aliphatic carbocycles. The normalized spacial score (nSPS) is 10.8. The highest BCUT2D eigenvalue weighted by Gasteiger charge is 2.06. The third-order valence-corrected chi connectivity index (χ3v) is 2.68. The lowest BCUT2D eigenvalue weighted by Crippen LogP contribution is -1.95. The number of carbonyl (C=O) groups is 1. The summed E-state index contributed by atoms with van der Waals surface area (Å²) in [4.78, 5) is 15.0. The number of aldehydes is 1. The average molecular weight is 226 g/mol. The van der Waals surface area contributed by atoms with Gasteiger partial charge in [-0.2, -0.15) is 0 Å². The van der Waals surface area contributed by atoms with Gasteiger partial charge in [0.25, 0.3) is 0 Å². The van der Waals surface area contributed by atoms with Crippen LogP contribution in [0.2, 0.25) is 0 Å². The molecule has 0 N–H and O–H groups in total. The number of hydrogen-bond donors (Lipinski definition) is 0. The number of rotatable bonds is 3. The molecule has 4 heteroatoms. The quantitative estimate of drug-likeness (QED) is 0.644. The highest BCUT2D eigenvalue weighted by Crippen LogP contribution is 2.13. The molecule has 84 valence electrons. The summed E-state index contributed by atoms with van der Waals surface area (Å²) in [5.74, 6) is 1.77. The first-order chi connectivity index (χ1) is 8.36. The molecule has 3 aromatic rings. The van der Waals surface area contributed by atoms with Gasteiger partial charge in [-0.1, -0.05) is 0 Å². The molecule has 0 fully saturated rings. The molecular weight excluding hydrogens is 216 g/mol. The van der Waals surface area contributed by atoms with E-state index in [9.17, 15) is 4.79 Å². The molecule has 0 atom stereocenters. The number of fused-ring (bicyclic) bond motifs is 1. The molecule has 3 heterocycles. The molecule has 0 unspecified atom stereocenters. The minimum Gasteiger partial charge on any atom is -0.469 e. The fraction of sp³-hybridized carbons (Fsp3) is 0.0769. The van der Waals surface area contributed by atoms with Crippen LogP contribution in [0.4, 0.5) is 0 Å². The number of furan rings is 1. The fourth-order valence-electron chi connectivity index (χ4n) is 1.85. The van der Waals surface area contributed by atoms with E-state index >= 15 is 0 Å². The Kier molecular flexibility index (Phi) is 2.26. The molecule has 0 spiro atoms. The maximum atomic E-state index is 10.7. The van der Waals surface area contributed by atoms with E-state index in [2.05, 4.69) is 4.98 Å².